The van der Waals surface area contributed by atoms with Crippen LogP contribution in [0.5, 0.6) is 0 Å². The van der Waals surface area contributed by atoms with Crippen molar-refractivity contribution in [3.63, 3.8) is 0 Å². The molecule has 1 aromatic heterocycles. The third-order valence-corrected chi connectivity index (χ3v) is 4.47. The van der Waals surface area contributed by atoms with Gasteiger partial charge in [-0.25, -0.2) is 0 Å². The molecule has 100 valence electrons. The van der Waals surface area contributed by atoms with E-state index in [-0.39, 0.29) is 11.6 Å². The lowest BCUT2D eigenvalue weighted by Gasteiger charge is -2.40. The van der Waals surface area contributed by atoms with Crippen LogP contribution in [0.2, 0.25) is 0 Å². The fourth-order valence-electron chi connectivity index (χ4n) is 2.82. The summed E-state index contributed by atoms with van der Waals surface area (Å²) in [4.78, 5) is 4.40. The Bertz CT molecular complexity index is 374. The Morgan fingerprint density at radius 2 is 2.11 bits per heavy atom. The van der Waals surface area contributed by atoms with Crippen LogP contribution in [0.3, 0.4) is 0 Å². The van der Waals surface area contributed by atoms with Crippen LogP contribution in [0.4, 0.5) is 0 Å². The van der Waals surface area contributed by atoms with Gasteiger partial charge in [0.2, 0.25) is 0 Å². The number of rotatable bonds is 4. The lowest BCUT2D eigenvalue weighted by atomic mass is 9.78. The third-order valence-electron chi connectivity index (χ3n) is 4.00. The van der Waals surface area contributed by atoms with Crippen LogP contribution in [0.25, 0.3) is 0 Å². The highest BCUT2D eigenvalue weighted by molar-refractivity contribution is 9.10. The van der Waals surface area contributed by atoms with Gasteiger partial charge >= 0.3 is 0 Å². The highest BCUT2D eigenvalue weighted by Crippen LogP contribution is 2.34. The summed E-state index contributed by atoms with van der Waals surface area (Å²) >= 11 is 3.39. The maximum absolute atomic E-state index is 6.39. The van der Waals surface area contributed by atoms with E-state index in [1.54, 1.807) is 7.11 Å². The highest BCUT2D eigenvalue weighted by Gasteiger charge is 2.38. The van der Waals surface area contributed by atoms with E-state index >= 15 is 0 Å². The summed E-state index contributed by atoms with van der Waals surface area (Å²) in [7, 11) is 1.79. The molecule has 1 heterocycles. The minimum atomic E-state index is -0.146. The Kier molecular flexibility index (Phi) is 4.76. The molecule has 1 fully saturated rings. The molecule has 1 saturated carbocycles. The van der Waals surface area contributed by atoms with Crippen molar-refractivity contribution in [2.24, 2.45) is 5.73 Å². The minimum absolute atomic E-state index is 0.0245. The van der Waals surface area contributed by atoms with Gasteiger partial charge < -0.3 is 10.5 Å². The molecule has 3 nitrogen and oxygen atoms in total. The highest BCUT2D eigenvalue weighted by atomic mass is 79.9. The second-order valence-corrected chi connectivity index (χ2v) is 6.02. The Hall–Kier alpha value is -0.450. The Morgan fingerprint density at radius 3 is 2.67 bits per heavy atom. The first-order chi connectivity index (χ1) is 8.66. The molecule has 1 aliphatic carbocycles. The van der Waals surface area contributed by atoms with Crippen LogP contribution in [0, 0.1) is 0 Å². The first kappa shape index (κ1) is 14.0. The van der Waals surface area contributed by atoms with Gasteiger partial charge in [-0.2, -0.15) is 0 Å². The standard InChI is InChI=1S/C14H21BrN2O/c1-18-14(7-3-2-4-8-14)13(16)9-12-6-5-11(15)10-17-12/h5-6,10,13H,2-4,7-9,16H2,1H3. The topological polar surface area (TPSA) is 48.1 Å². The molecule has 1 aromatic rings. The summed E-state index contributed by atoms with van der Waals surface area (Å²) in [5, 5.41) is 0. The lowest BCUT2D eigenvalue weighted by molar-refractivity contribution is -0.0584. The van der Waals surface area contributed by atoms with Crippen LogP contribution in [-0.2, 0) is 11.2 Å². The van der Waals surface area contributed by atoms with Crippen molar-refractivity contribution in [1.29, 1.82) is 0 Å². The molecule has 0 bridgehead atoms. The quantitative estimate of drug-likeness (QED) is 0.929. The van der Waals surface area contributed by atoms with Gasteiger partial charge in [-0.15, -0.1) is 0 Å². The number of halogens is 1. The molecule has 1 atom stereocenters. The number of pyridine rings is 1. The van der Waals surface area contributed by atoms with Crippen LogP contribution in [-0.4, -0.2) is 23.7 Å². The fraction of sp³-hybridized carbons (Fsp3) is 0.643. The average Bonchev–Trinajstić information content (AvgIpc) is 2.42. The number of hydrogen-bond acceptors (Lipinski definition) is 3. The van der Waals surface area contributed by atoms with Crippen LogP contribution in [0.15, 0.2) is 22.8 Å². The maximum atomic E-state index is 6.39. The number of nitrogens with zero attached hydrogens (tertiary/aromatic N) is 1. The smallest absolute Gasteiger partial charge is 0.0832 e. The molecule has 1 unspecified atom stereocenters. The van der Waals surface area contributed by atoms with Gasteiger partial charge in [0.25, 0.3) is 0 Å². The number of nitrogens with two attached hydrogens (primary N) is 1. The van der Waals surface area contributed by atoms with Crippen molar-refractivity contribution >= 4 is 15.9 Å². The van der Waals surface area contributed by atoms with Gasteiger partial charge in [0, 0.05) is 35.9 Å². The molecule has 0 aromatic carbocycles. The average molecular weight is 313 g/mol. The van der Waals surface area contributed by atoms with Gasteiger partial charge in [0.15, 0.2) is 0 Å². The summed E-state index contributed by atoms with van der Waals surface area (Å²) in [5.74, 6) is 0. The molecular formula is C14H21BrN2O. The first-order valence-corrected chi connectivity index (χ1v) is 7.37. The molecular weight excluding hydrogens is 292 g/mol. The van der Waals surface area contributed by atoms with Crippen molar-refractivity contribution in [1.82, 2.24) is 4.98 Å². The van der Waals surface area contributed by atoms with E-state index in [0.29, 0.717) is 0 Å². The Balaban J connectivity index is 2.05. The van der Waals surface area contributed by atoms with Gasteiger partial charge in [-0.05, 0) is 40.9 Å². The van der Waals surface area contributed by atoms with Crippen molar-refractivity contribution in [3.05, 3.63) is 28.5 Å². The first-order valence-electron chi connectivity index (χ1n) is 6.57. The van der Waals surface area contributed by atoms with Gasteiger partial charge in [0.1, 0.15) is 0 Å². The van der Waals surface area contributed by atoms with Gasteiger partial charge in [-0.3, -0.25) is 4.98 Å². The zero-order chi connectivity index (χ0) is 13.0. The van der Waals surface area contributed by atoms with E-state index in [0.717, 1.165) is 29.4 Å². The van der Waals surface area contributed by atoms with E-state index < -0.39 is 0 Å². The molecule has 0 radical (unpaired) electrons. The molecule has 0 amide bonds. The molecule has 0 aliphatic heterocycles. The predicted molar refractivity (Wildman–Crippen MR) is 76.4 cm³/mol. The third kappa shape index (κ3) is 3.11. The SMILES string of the molecule is COC1(C(N)Cc2ccc(Br)cn2)CCCCC1. The van der Waals surface area contributed by atoms with Crippen molar-refractivity contribution in [3.8, 4) is 0 Å². The van der Waals surface area contributed by atoms with Crippen LogP contribution >= 0.6 is 15.9 Å². The summed E-state index contributed by atoms with van der Waals surface area (Å²) in [6.07, 6.45) is 8.48. The zero-order valence-corrected chi connectivity index (χ0v) is 12.4. The van der Waals surface area contributed by atoms with Gasteiger partial charge in [0.05, 0.1) is 5.60 Å². The van der Waals surface area contributed by atoms with E-state index in [1.165, 1.54) is 19.3 Å². The van der Waals surface area contributed by atoms with Crippen LogP contribution in [0.1, 0.15) is 37.8 Å². The van der Waals surface area contributed by atoms with Crippen molar-refractivity contribution in [2.45, 2.75) is 50.2 Å². The second-order valence-electron chi connectivity index (χ2n) is 5.11. The number of aromatic nitrogens is 1. The van der Waals surface area contributed by atoms with Crippen molar-refractivity contribution in [2.75, 3.05) is 7.11 Å². The summed E-state index contributed by atoms with van der Waals surface area (Å²) in [6, 6.07) is 4.06. The van der Waals surface area contributed by atoms with E-state index in [9.17, 15) is 0 Å². The number of hydrogen-bond donors (Lipinski definition) is 1. The molecule has 0 spiro atoms. The molecule has 4 heteroatoms. The second kappa shape index (κ2) is 6.13. The maximum Gasteiger partial charge on any atom is 0.0832 e. The molecule has 2 rings (SSSR count). The molecule has 2 N–H and O–H groups in total. The largest absolute Gasteiger partial charge is 0.377 e. The fourth-order valence-corrected chi connectivity index (χ4v) is 3.05. The van der Waals surface area contributed by atoms with Crippen molar-refractivity contribution < 1.29 is 4.74 Å². The number of ether oxygens (including phenoxy) is 1. The summed E-state index contributed by atoms with van der Waals surface area (Å²) < 4.78 is 6.77. The molecule has 1 aliphatic rings. The minimum Gasteiger partial charge on any atom is -0.377 e. The Morgan fingerprint density at radius 1 is 1.39 bits per heavy atom. The van der Waals surface area contributed by atoms with Gasteiger partial charge in [-0.1, -0.05) is 19.3 Å². The summed E-state index contributed by atoms with van der Waals surface area (Å²) in [6.45, 7) is 0. The van der Waals surface area contributed by atoms with E-state index in [1.807, 2.05) is 18.3 Å². The van der Waals surface area contributed by atoms with E-state index in [4.69, 9.17) is 10.5 Å². The zero-order valence-electron chi connectivity index (χ0n) is 10.9. The predicted octanol–water partition coefficient (Wildman–Crippen LogP) is 3.06. The van der Waals surface area contributed by atoms with Crippen LogP contribution < -0.4 is 5.73 Å². The Labute approximate surface area is 117 Å². The monoisotopic (exact) mass is 312 g/mol. The van der Waals surface area contributed by atoms with E-state index in [2.05, 4.69) is 20.9 Å². The molecule has 0 saturated heterocycles. The summed E-state index contributed by atoms with van der Waals surface area (Å²) in [5.41, 5.74) is 7.28. The number of methoxy groups -OCH3 is 1. The molecule has 18 heavy (non-hydrogen) atoms. The normalized spacial score (nSPS) is 20.6. The lowest BCUT2D eigenvalue weighted by Crippen LogP contribution is -2.52.